The first-order valence-corrected chi connectivity index (χ1v) is 7.07. The summed E-state index contributed by atoms with van der Waals surface area (Å²) in [6, 6.07) is 12.6. The molecule has 2 rings (SSSR count). The van der Waals surface area contributed by atoms with Gasteiger partial charge in [0.05, 0.1) is 12.7 Å². The van der Waals surface area contributed by atoms with Crippen molar-refractivity contribution in [1.82, 2.24) is 0 Å². The number of carbonyl (C=O) groups is 2. The molecule has 2 aromatic carbocycles. The van der Waals surface area contributed by atoms with E-state index in [9.17, 15) is 14.0 Å². The third kappa shape index (κ3) is 4.81. The predicted molar refractivity (Wildman–Crippen MR) is 85.9 cm³/mol. The average molecular weight is 316 g/mol. The molecular weight excluding hydrogens is 299 g/mol. The summed E-state index contributed by atoms with van der Waals surface area (Å²) in [5.41, 5.74) is 1.41. The largest absolute Gasteiger partial charge is 0.465 e. The van der Waals surface area contributed by atoms with Crippen LogP contribution in [0.3, 0.4) is 0 Å². The Bertz CT molecular complexity index is 704. The van der Waals surface area contributed by atoms with E-state index in [-0.39, 0.29) is 12.3 Å². The van der Waals surface area contributed by atoms with Gasteiger partial charge in [-0.2, -0.15) is 0 Å². The molecule has 0 aliphatic carbocycles. The van der Waals surface area contributed by atoms with Gasteiger partial charge in [-0.1, -0.05) is 18.2 Å². The third-order valence-electron chi connectivity index (χ3n) is 3.11. The van der Waals surface area contributed by atoms with Crippen molar-refractivity contribution in [2.24, 2.45) is 0 Å². The van der Waals surface area contributed by atoms with Gasteiger partial charge in [-0.3, -0.25) is 4.79 Å². The van der Waals surface area contributed by atoms with E-state index in [1.807, 2.05) is 0 Å². The van der Waals surface area contributed by atoms with E-state index >= 15 is 0 Å². The maximum Gasteiger partial charge on any atom is 0.339 e. The highest BCUT2D eigenvalue weighted by atomic mass is 19.1. The lowest BCUT2D eigenvalue weighted by molar-refractivity contribution is -0.115. The number of rotatable bonds is 6. The summed E-state index contributed by atoms with van der Waals surface area (Å²) >= 11 is 0. The average Bonchev–Trinajstić information content (AvgIpc) is 2.54. The van der Waals surface area contributed by atoms with Crippen LogP contribution in [0.5, 0.6) is 0 Å². The fraction of sp³-hybridized carbons (Fsp3) is 0.176. The van der Waals surface area contributed by atoms with Crippen LogP contribution in [-0.4, -0.2) is 25.5 Å². The number of halogens is 1. The highest BCUT2D eigenvalue weighted by Crippen LogP contribution is 2.16. The van der Waals surface area contributed by atoms with Gasteiger partial charge in [-0.05, 0) is 30.3 Å². The van der Waals surface area contributed by atoms with Crippen molar-refractivity contribution in [3.05, 3.63) is 59.9 Å². The summed E-state index contributed by atoms with van der Waals surface area (Å²) < 4.78 is 17.7. The molecule has 2 N–H and O–H groups in total. The van der Waals surface area contributed by atoms with Crippen LogP contribution in [0, 0.1) is 5.82 Å². The molecule has 0 spiro atoms. The minimum Gasteiger partial charge on any atom is -0.465 e. The highest BCUT2D eigenvalue weighted by Gasteiger charge is 2.11. The van der Waals surface area contributed by atoms with Crippen LogP contribution in [0.25, 0.3) is 0 Å². The van der Waals surface area contributed by atoms with Gasteiger partial charge in [0, 0.05) is 24.3 Å². The lowest BCUT2D eigenvalue weighted by Gasteiger charge is -2.10. The minimum absolute atomic E-state index is 0.173. The molecule has 0 aliphatic rings. The molecule has 120 valence electrons. The number of hydrogen-bond acceptors (Lipinski definition) is 4. The maximum atomic E-state index is 13.0. The Morgan fingerprint density at radius 3 is 2.65 bits per heavy atom. The molecule has 0 radical (unpaired) electrons. The summed E-state index contributed by atoms with van der Waals surface area (Å²) in [6.07, 6.45) is 0.173. The molecule has 0 aliphatic heterocycles. The zero-order valence-electron chi connectivity index (χ0n) is 12.6. The molecule has 0 bridgehead atoms. The highest BCUT2D eigenvalue weighted by molar-refractivity contribution is 5.95. The summed E-state index contributed by atoms with van der Waals surface area (Å²) in [4.78, 5) is 23.5. The second-order valence-corrected chi connectivity index (χ2v) is 4.77. The fourth-order valence-corrected chi connectivity index (χ4v) is 2.03. The molecule has 0 heterocycles. The topological polar surface area (TPSA) is 67.4 Å². The van der Waals surface area contributed by atoms with Gasteiger partial charge in [-0.15, -0.1) is 0 Å². The van der Waals surface area contributed by atoms with Crippen LogP contribution in [0.2, 0.25) is 0 Å². The van der Waals surface area contributed by atoms with E-state index in [0.717, 1.165) is 0 Å². The minimum atomic E-state index is -0.447. The lowest BCUT2D eigenvalue weighted by Crippen LogP contribution is -2.17. The van der Waals surface area contributed by atoms with Gasteiger partial charge in [0.25, 0.3) is 0 Å². The lowest BCUT2D eigenvalue weighted by atomic mass is 10.2. The first-order valence-electron chi connectivity index (χ1n) is 7.07. The zero-order valence-corrected chi connectivity index (χ0v) is 12.6. The quantitative estimate of drug-likeness (QED) is 0.804. The van der Waals surface area contributed by atoms with E-state index in [0.29, 0.717) is 23.5 Å². The summed E-state index contributed by atoms with van der Waals surface area (Å²) in [7, 11) is 1.31. The van der Waals surface area contributed by atoms with Crippen molar-refractivity contribution < 1.29 is 18.7 Å². The Kier molecular flexibility index (Phi) is 5.68. The molecule has 1 amide bonds. The second-order valence-electron chi connectivity index (χ2n) is 4.77. The molecular formula is C17H17FN2O3. The molecule has 6 heteroatoms. The first-order chi connectivity index (χ1) is 11.1. The first kappa shape index (κ1) is 16.5. The molecule has 23 heavy (non-hydrogen) atoms. The summed E-state index contributed by atoms with van der Waals surface area (Å²) in [5.74, 6) is -1.11. The van der Waals surface area contributed by atoms with E-state index in [2.05, 4.69) is 10.6 Å². The Morgan fingerprint density at radius 2 is 1.91 bits per heavy atom. The Morgan fingerprint density at radius 1 is 1.13 bits per heavy atom. The summed E-state index contributed by atoms with van der Waals surface area (Å²) in [5, 5.41) is 5.63. The van der Waals surface area contributed by atoms with Crippen molar-refractivity contribution >= 4 is 23.3 Å². The number of anilines is 2. The van der Waals surface area contributed by atoms with E-state index in [1.54, 1.807) is 30.3 Å². The molecule has 0 saturated carbocycles. The smallest absolute Gasteiger partial charge is 0.339 e. The van der Waals surface area contributed by atoms with Gasteiger partial charge in [0.15, 0.2) is 0 Å². The number of amides is 1. The summed E-state index contributed by atoms with van der Waals surface area (Å²) in [6.45, 7) is 0.329. The molecule has 0 aromatic heterocycles. The standard InChI is InChI=1S/C17H17FN2O3/c1-23-17(22)14-7-2-3-8-15(14)19-10-9-16(21)20-13-6-4-5-12(18)11-13/h2-8,11,19H,9-10H2,1H3,(H,20,21). The number of esters is 1. The van der Waals surface area contributed by atoms with Crippen molar-refractivity contribution in [1.29, 1.82) is 0 Å². The van der Waals surface area contributed by atoms with Crippen molar-refractivity contribution in [3.8, 4) is 0 Å². The van der Waals surface area contributed by atoms with Gasteiger partial charge in [0.2, 0.25) is 5.91 Å². The van der Waals surface area contributed by atoms with Crippen molar-refractivity contribution in [2.75, 3.05) is 24.3 Å². The van der Waals surface area contributed by atoms with Crippen LogP contribution in [0.1, 0.15) is 16.8 Å². The number of benzene rings is 2. The molecule has 0 fully saturated rings. The van der Waals surface area contributed by atoms with Gasteiger partial charge in [0.1, 0.15) is 5.82 Å². The van der Waals surface area contributed by atoms with Crippen LogP contribution >= 0.6 is 0 Å². The Labute approximate surface area is 133 Å². The van der Waals surface area contributed by atoms with Crippen molar-refractivity contribution in [3.63, 3.8) is 0 Å². The SMILES string of the molecule is COC(=O)c1ccccc1NCCC(=O)Nc1cccc(F)c1. The number of para-hydroxylation sites is 1. The third-order valence-corrected chi connectivity index (χ3v) is 3.11. The Balaban J connectivity index is 1.88. The van der Waals surface area contributed by atoms with Crippen LogP contribution in [0.15, 0.2) is 48.5 Å². The molecule has 0 saturated heterocycles. The second kappa shape index (κ2) is 7.93. The number of methoxy groups -OCH3 is 1. The maximum absolute atomic E-state index is 13.0. The van der Waals surface area contributed by atoms with Gasteiger partial charge < -0.3 is 15.4 Å². The number of hydrogen-bond donors (Lipinski definition) is 2. The number of ether oxygens (including phenoxy) is 1. The number of carbonyl (C=O) groups excluding carboxylic acids is 2. The van der Waals surface area contributed by atoms with Crippen LogP contribution < -0.4 is 10.6 Å². The fourth-order valence-electron chi connectivity index (χ4n) is 2.03. The van der Waals surface area contributed by atoms with Crippen molar-refractivity contribution in [2.45, 2.75) is 6.42 Å². The van der Waals surface area contributed by atoms with E-state index in [4.69, 9.17) is 4.74 Å². The van der Waals surface area contributed by atoms with E-state index < -0.39 is 11.8 Å². The number of nitrogens with one attached hydrogen (secondary N) is 2. The Hall–Kier alpha value is -2.89. The molecule has 0 atom stereocenters. The molecule has 0 unspecified atom stereocenters. The van der Waals surface area contributed by atoms with Gasteiger partial charge in [-0.25, -0.2) is 9.18 Å². The molecule has 5 nitrogen and oxygen atoms in total. The van der Waals surface area contributed by atoms with E-state index in [1.165, 1.54) is 25.3 Å². The van der Waals surface area contributed by atoms with Gasteiger partial charge >= 0.3 is 5.97 Å². The van der Waals surface area contributed by atoms with Crippen LogP contribution in [-0.2, 0) is 9.53 Å². The molecule has 2 aromatic rings. The normalized spacial score (nSPS) is 10.0. The monoisotopic (exact) mass is 316 g/mol. The van der Waals surface area contributed by atoms with Crippen LogP contribution in [0.4, 0.5) is 15.8 Å². The zero-order chi connectivity index (χ0) is 16.7. The predicted octanol–water partition coefficient (Wildman–Crippen LogP) is 3.05.